The molecule has 0 aliphatic rings. The molecule has 0 spiro atoms. The second-order valence-electron chi connectivity index (χ2n) is 3.29. The average Bonchev–Trinajstić information content (AvgIpc) is 2.68. The zero-order chi connectivity index (χ0) is 11.5. The molecule has 0 atom stereocenters. The lowest BCUT2D eigenvalue weighted by atomic mass is 10.1. The van der Waals surface area contributed by atoms with Gasteiger partial charge in [-0.1, -0.05) is 6.07 Å². The van der Waals surface area contributed by atoms with Crippen LogP contribution in [0.5, 0.6) is 11.5 Å². The van der Waals surface area contributed by atoms with E-state index in [0.29, 0.717) is 29.3 Å². The minimum atomic E-state index is 0.0697. The van der Waals surface area contributed by atoms with Crippen LogP contribution in [0.15, 0.2) is 24.4 Å². The number of aromatic nitrogens is 2. The summed E-state index contributed by atoms with van der Waals surface area (Å²) in [5, 5.41) is 16.5. The van der Waals surface area contributed by atoms with Gasteiger partial charge in [0.15, 0.2) is 11.5 Å². The highest BCUT2D eigenvalue weighted by molar-refractivity contribution is 5.78. The number of aromatic hydroxyl groups is 1. The van der Waals surface area contributed by atoms with E-state index in [2.05, 4.69) is 10.2 Å². The number of aromatic amines is 1. The molecule has 0 fully saturated rings. The van der Waals surface area contributed by atoms with Gasteiger partial charge in [0.2, 0.25) is 0 Å². The monoisotopic (exact) mass is 219 g/mol. The van der Waals surface area contributed by atoms with E-state index < -0.39 is 0 Å². The van der Waals surface area contributed by atoms with E-state index in [4.69, 9.17) is 10.5 Å². The van der Waals surface area contributed by atoms with Gasteiger partial charge in [0, 0.05) is 5.56 Å². The first-order chi connectivity index (χ1) is 7.74. The van der Waals surface area contributed by atoms with Gasteiger partial charge >= 0.3 is 0 Å². The van der Waals surface area contributed by atoms with Crippen molar-refractivity contribution in [3.8, 4) is 22.8 Å². The molecule has 1 aromatic carbocycles. The lowest BCUT2D eigenvalue weighted by molar-refractivity contribution is 0.318. The number of hydrogen-bond acceptors (Lipinski definition) is 4. The second-order valence-corrected chi connectivity index (χ2v) is 3.29. The molecule has 5 nitrogen and oxygen atoms in total. The number of rotatable bonds is 3. The number of phenols is 1. The van der Waals surface area contributed by atoms with Crippen molar-refractivity contribution in [1.82, 2.24) is 10.2 Å². The standard InChI is InChI=1S/C11H13N3O2/c1-2-16-9-5-3-4-7(11(9)15)10-8(12)6-13-14-10/h3-6,15H,2,12H2,1H3,(H,13,14). The van der Waals surface area contributed by atoms with Gasteiger partial charge in [0.05, 0.1) is 24.2 Å². The van der Waals surface area contributed by atoms with E-state index in [-0.39, 0.29) is 5.75 Å². The Labute approximate surface area is 92.9 Å². The molecule has 0 amide bonds. The first-order valence-corrected chi connectivity index (χ1v) is 4.98. The van der Waals surface area contributed by atoms with Gasteiger partial charge in [-0.15, -0.1) is 0 Å². The molecule has 0 unspecified atom stereocenters. The van der Waals surface area contributed by atoms with Crippen LogP contribution in [-0.2, 0) is 0 Å². The van der Waals surface area contributed by atoms with Gasteiger partial charge in [-0.3, -0.25) is 5.10 Å². The largest absolute Gasteiger partial charge is 0.504 e. The highest BCUT2D eigenvalue weighted by atomic mass is 16.5. The lowest BCUT2D eigenvalue weighted by Crippen LogP contribution is -1.93. The molecule has 0 saturated carbocycles. The summed E-state index contributed by atoms with van der Waals surface area (Å²) in [6.07, 6.45) is 1.50. The number of benzene rings is 1. The summed E-state index contributed by atoms with van der Waals surface area (Å²) < 4.78 is 5.29. The number of ether oxygens (including phenoxy) is 1. The smallest absolute Gasteiger partial charge is 0.167 e. The normalized spacial score (nSPS) is 10.3. The van der Waals surface area contributed by atoms with E-state index >= 15 is 0 Å². The molecule has 1 heterocycles. The Hall–Kier alpha value is -2.17. The third-order valence-electron chi connectivity index (χ3n) is 2.24. The predicted molar refractivity (Wildman–Crippen MR) is 61.3 cm³/mol. The molecule has 0 saturated heterocycles. The maximum absolute atomic E-state index is 9.99. The van der Waals surface area contributed by atoms with E-state index in [1.165, 1.54) is 6.20 Å². The van der Waals surface area contributed by atoms with Gasteiger partial charge in [-0.05, 0) is 19.1 Å². The number of phenolic OH excluding ortho intramolecular Hbond substituents is 1. The van der Waals surface area contributed by atoms with Crippen LogP contribution in [0.2, 0.25) is 0 Å². The molecular weight excluding hydrogens is 206 g/mol. The van der Waals surface area contributed by atoms with Crippen LogP contribution in [0.3, 0.4) is 0 Å². The molecule has 2 rings (SSSR count). The fourth-order valence-corrected chi connectivity index (χ4v) is 1.51. The summed E-state index contributed by atoms with van der Waals surface area (Å²) in [5.74, 6) is 0.509. The van der Waals surface area contributed by atoms with Gasteiger partial charge < -0.3 is 15.6 Å². The highest BCUT2D eigenvalue weighted by Crippen LogP contribution is 2.37. The van der Waals surface area contributed by atoms with Crippen molar-refractivity contribution in [3.05, 3.63) is 24.4 Å². The summed E-state index contributed by atoms with van der Waals surface area (Å²) in [6, 6.07) is 5.25. The molecule has 1 aromatic heterocycles. The molecule has 0 radical (unpaired) electrons. The van der Waals surface area contributed by atoms with E-state index in [9.17, 15) is 5.11 Å². The van der Waals surface area contributed by atoms with Gasteiger partial charge in [0.25, 0.3) is 0 Å². The van der Waals surface area contributed by atoms with Crippen LogP contribution >= 0.6 is 0 Å². The van der Waals surface area contributed by atoms with Crippen molar-refractivity contribution < 1.29 is 9.84 Å². The first kappa shape index (κ1) is 10.4. The first-order valence-electron chi connectivity index (χ1n) is 4.98. The summed E-state index contributed by atoms with van der Waals surface area (Å²) >= 11 is 0. The molecular formula is C11H13N3O2. The number of nitrogens with one attached hydrogen (secondary N) is 1. The molecule has 4 N–H and O–H groups in total. The van der Waals surface area contributed by atoms with E-state index in [1.54, 1.807) is 18.2 Å². The van der Waals surface area contributed by atoms with Crippen LogP contribution in [0.25, 0.3) is 11.3 Å². The van der Waals surface area contributed by atoms with Crippen molar-refractivity contribution in [3.63, 3.8) is 0 Å². The Bertz CT molecular complexity index is 494. The summed E-state index contributed by atoms with van der Waals surface area (Å²) in [4.78, 5) is 0. The van der Waals surface area contributed by atoms with E-state index in [1.807, 2.05) is 6.92 Å². The molecule has 84 valence electrons. The molecule has 0 aliphatic heterocycles. The molecule has 0 bridgehead atoms. The Balaban J connectivity index is 2.50. The van der Waals surface area contributed by atoms with Gasteiger partial charge in [-0.25, -0.2) is 0 Å². The maximum atomic E-state index is 9.99. The summed E-state index contributed by atoms with van der Waals surface area (Å²) in [5.41, 5.74) is 7.39. The SMILES string of the molecule is CCOc1cccc(-c2[nH]ncc2N)c1O. The fourth-order valence-electron chi connectivity index (χ4n) is 1.51. The number of para-hydroxylation sites is 1. The Kier molecular flexibility index (Phi) is 2.68. The maximum Gasteiger partial charge on any atom is 0.167 e. The number of nitrogens with two attached hydrogens (primary N) is 1. The zero-order valence-electron chi connectivity index (χ0n) is 8.90. The quantitative estimate of drug-likeness (QED) is 0.734. The fraction of sp³-hybridized carbons (Fsp3) is 0.182. The molecule has 16 heavy (non-hydrogen) atoms. The van der Waals surface area contributed by atoms with E-state index in [0.717, 1.165) is 0 Å². The zero-order valence-corrected chi connectivity index (χ0v) is 8.90. The summed E-state index contributed by atoms with van der Waals surface area (Å²) in [7, 11) is 0. The number of anilines is 1. The third kappa shape index (κ3) is 1.67. The number of nitrogens with zero attached hydrogens (tertiary/aromatic N) is 1. The van der Waals surface area contributed by atoms with Crippen molar-refractivity contribution in [2.24, 2.45) is 0 Å². The third-order valence-corrected chi connectivity index (χ3v) is 2.24. The number of nitrogen functional groups attached to an aromatic ring is 1. The molecule has 5 heteroatoms. The minimum absolute atomic E-state index is 0.0697. The van der Waals surface area contributed by atoms with Gasteiger partial charge in [0.1, 0.15) is 0 Å². The highest BCUT2D eigenvalue weighted by Gasteiger charge is 2.13. The Morgan fingerprint density at radius 2 is 2.31 bits per heavy atom. The van der Waals surface area contributed by atoms with Crippen molar-refractivity contribution in [2.75, 3.05) is 12.3 Å². The van der Waals surface area contributed by atoms with Crippen LogP contribution in [0.4, 0.5) is 5.69 Å². The molecule has 2 aromatic rings. The van der Waals surface area contributed by atoms with Crippen LogP contribution in [-0.4, -0.2) is 21.9 Å². The molecule has 0 aliphatic carbocycles. The van der Waals surface area contributed by atoms with Gasteiger partial charge in [-0.2, -0.15) is 5.10 Å². The minimum Gasteiger partial charge on any atom is -0.504 e. The van der Waals surface area contributed by atoms with Crippen LogP contribution < -0.4 is 10.5 Å². The number of hydrogen-bond donors (Lipinski definition) is 3. The lowest BCUT2D eigenvalue weighted by Gasteiger charge is -2.09. The Morgan fingerprint density at radius 1 is 1.50 bits per heavy atom. The topological polar surface area (TPSA) is 84.2 Å². The summed E-state index contributed by atoms with van der Waals surface area (Å²) in [6.45, 7) is 2.35. The Morgan fingerprint density at radius 3 is 2.94 bits per heavy atom. The van der Waals surface area contributed by atoms with Crippen molar-refractivity contribution in [1.29, 1.82) is 0 Å². The second kappa shape index (κ2) is 4.14. The predicted octanol–water partition coefficient (Wildman–Crippen LogP) is 1.76. The van der Waals surface area contributed by atoms with Crippen LogP contribution in [0.1, 0.15) is 6.92 Å². The van der Waals surface area contributed by atoms with Crippen molar-refractivity contribution >= 4 is 5.69 Å². The van der Waals surface area contributed by atoms with Crippen LogP contribution in [0, 0.1) is 0 Å². The average molecular weight is 219 g/mol. The number of H-pyrrole nitrogens is 1. The van der Waals surface area contributed by atoms with Crippen molar-refractivity contribution in [2.45, 2.75) is 6.92 Å².